The number of carbonyl (C=O) groups excluding carboxylic acids is 1. The van der Waals surface area contributed by atoms with Gasteiger partial charge in [0.2, 0.25) is 0 Å². The minimum absolute atomic E-state index is 0.154. The van der Waals surface area contributed by atoms with E-state index in [2.05, 4.69) is 26.0 Å². The molecule has 2 aromatic carbocycles. The van der Waals surface area contributed by atoms with Crippen LogP contribution < -0.4 is 9.80 Å². The molecule has 0 atom stereocenters. The number of hydrogen-bond acceptors (Lipinski definition) is 3. The van der Waals surface area contributed by atoms with Crippen LogP contribution in [0.2, 0.25) is 0 Å². The monoisotopic (exact) mass is 372 g/mol. The van der Waals surface area contributed by atoms with Crippen LogP contribution in [0.1, 0.15) is 21.5 Å². The molecule has 0 radical (unpaired) electrons. The van der Waals surface area contributed by atoms with E-state index >= 15 is 0 Å². The molecule has 0 saturated carbocycles. The third-order valence-electron chi connectivity index (χ3n) is 4.40. The fourth-order valence-corrected chi connectivity index (χ4v) is 3.72. The van der Waals surface area contributed by atoms with E-state index in [9.17, 15) is 9.18 Å². The average Bonchev–Trinajstić information content (AvgIpc) is 2.98. The van der Waals surface area contributed by atoms with Crippen LogP contribution in [0.25, 0.3) is 10.2 Å². The molecule has 0 aliphatic rings. The highest BCUT2D eigenvalue weighted by molar-refractivity contribution is 7.22. The summed E-state index contributed by atoms with van der Waals surface area (Å²) in [6, 6.07) is 9.84. The third-order valence-corrected chi connectivity index (χ3v) is 5.44. The predicted octanol–water partition coefficient (Wildman–Crippen LogP) is 2.84. The SMILES string of the molecule is Cc1cc2nc(N(CC[NH+](C)C)C(=O)c3ccc(F)cc3)sc2cc1C. The number of nitrogens with zero attached hydrogens (tertiary/aromatic N) is 2. The van der Waals surface area contributed by atoms with E-state index < -0.39 is 0 Å². The van der Waals surface area contributed by atoms with Crippen LogP contribution in [-0.4, -0.2) is 38.1 Å². The number of aryl methyl sites for hydroxylation is 2. The van der Waals surface area contributed by atoms with Gasteiger partial charge in [-0.25, -0.2) is 9.37 Å². The number of amides is 1. The second-order valence-electron chi connectivity index (χ2n) is 6.82. The summed E-state index contributed by atoms with van der Waals surface area (Å²) in [6.45, 7) is 5.48. The summed E-state index contributed by atoms with van der Waals surface area (Å²) in [6.07, 6.45) is 0. The Bertz CT molecular complexity index is 895. The van der Waals surface area contributed by atoms with Crippen molar-refractivity contribution < 1.29 is 14.1 Å². The van der Waals surface area contributed by atoms with E-state index in [1.54, 1.807) is 4.90 Å². The van der Waals surface area contributed by atoms with Crippen LogP contribution in [0.3, 0.4) is 0 Å². The highest BCUT2D eigenvalue weighted by atomic mass is 32.1. The Morgan fingerprint density at radius 3 is 2.46 bits per heavy atom. The van der Waals surface area contributed by atoms with Crippen molar-refractivity contribution >= 4 is 32.6 Å². The van der Waals surface area contributed by atoms with Gasteiger partial charge in [-0.1, -0.05) is 11.3 Å². The van der Waals surface area contributed by atoms with Gasteiger partial charge in [-0.3, -0.25) is 9.69 Å². The summed E-state index contributed by atoms with van der Waals surface area (Å²) < 4.78 is 14.3. The minimum Gasteiger partial charge on any atom is -0.338 e. The molecular formula is C20H23FN3OS+. The van der Waals surface area contributed by atoms with E-state index in [0.29, 0.717) is 17.2 Å². The molecule has 4 nitrogen and oxygen atoms in total. The molecule has 1 aromatic heterocycles. The largest absolute Gasteiger partial charge is 0.338 e. The van der Waals surface area contributed by atoms with Crippen molar-refractivity contribution in [2.24, 2.45) is 0 Å². The first-order valence-electron chi connectivity index (χ1n) is 8.59. The quantitative estimate of drug-likeness (QED) is 0.748. The normalized spacial score (nSPS) is 11.3. The van der Waals surface area contributed by atoms with Gasteiger partial charge in [-0.15, -0.1) is 0 Å². The first kappa shape index (κ1) is 18.5. The topological polar surface area (TPSA) is 37.6 Å². The molecule has 0 saturated heterocycles. The number of benzene rings is 2. The molecule has 26 heavy (non-hydrogen) atoms. The van der Waals surface area contributed by atoms with Crippen molar-refractivity contribution in [2.45, 2.75) is 13.8 Å². The zero-order valence-electron chi connectivity index (χ0n) is 15.5. The second-order valence-corrected chi connectivity index (χ2v) is 7.83. The zero-order chi connectivity index (χ0) is 18.8. The number of thiazole rings is 1. The first-order valence-corrected chi connectivity index (χ1v) is 9.41. The molecule has 1 heterocycles. The smallest absolute Gasteiger partial charge is 0.260 e. The van der Waals surface area contributed by atoms with Crippen molar-refractivity contribution in [1.29, 1.82) is 0 Å². The van der Waals surface area contributed by atoms with Crippen LogP contribution in [0.15, 0.2) is 36.4 Å². The molecule has 3 rings (SSSR count). The van der Waals surface area contributed by atoms with Crippen LogP contribution in [0, 0.1) is 19.7 Å². The number of likely N-dealkylation sites (N-methyl/N-ethyl adjacent to an activating group) is 1. The molecule has 0 aliphatic heterocycles. The van der Waals surface area contributed by atoms with Crippen LogP contribution in [-0.2, 0) is 0 Å². The Morgan fingerprint density at radius 1 is 1.15 bits per heavy atom. The first-order chi connectivity index (χ1) is 12.3. The summed E-state index contributed by atoms with van der Waals surface area (Å²) >= 11 is 1.52. The van der Waals surface area contributed by atoms with Gasteiger partial charge in [0, 0.05) is 5.56 Å². The number of hydrogen-bond donors (Lipinski definition) is 1. The molecule has 136 valence electrons. The van der Waals surface area contributed by atoms with Gasteiger partial charge in [-0.05, 0) is 61.4 Å². The molecule has 0 fully saturated rings. The lowest BCUT2D eigenvalue weighted by atomic mass is 10.1. The average molecular weight is 372 g/mol. The summed E-state index contributed by atoms with van der Waals surface area (Å²) in [5, 5.41) is 0.681. The van der Waals surface area contributed by atoms with E-state index in [1.807, 2.05) is 14.1 Å². The lowest BCUT2D eigenvalue weighted by Crippen LogP contribution is -3.06. The Balaban J connectivity index is 2.00. The number of anilines is 1. The summed E-state index contributed by atoms with van der Waals surface area (Å²) in [5.41, 5.74) is 3.76. The second kappa shape index (κ2) is 7.51. The predicted molar refractivity (Wildman–Crippen MR) is 105 cm³/mol. The van der Waals surface area contributed by atoms with E-state index in [-0.39, 0.29) is 11.7 Å². The van der Waals surface area contributed by atoms with Crippen molar-refractivity contribution in [1.82, 2.24) is 4.98 Å². The number of nitrogens with one attached hydrogen (secondary N) is 1. The number of halogens is 1. The van der Waals surface area contributed by atoms with Crippen LogP contribution in [0.4, 0.5) is 9.52 Å². The number of fused-ring (bicyclic) bond motifs is 1. The summed E-state index contributed by atoms with van der Waals surface area (Å²) in [5.74, 6) is -0.504. The molecular weight excluding hydrogens is 349 g/mol. The van der Waals surface area contributed by atoms with Gasteiger partial charge < -0.3 is 4.90 Å². The summed E-state index contributed by atoms with van der Waals surface area (Å²) in [4.78, 5) is 20.7. The molecule has 3 aromatic rings. The Morgan fingerprint density at radius 2 is 1.81 bits per heavy atom. The van der Waals surface area contributed by atoms with Gasteiger partial charge in [-0.2, -0.15) is 0 Å². The molecule has 1 amide bonds. The Labute approximate surface area is 156 Å². The van der Waals surface area contributed by atoms with Crippen LogP contribution >= 0.6 is 11.3 Å². The van der Waals surface area contributed by atoms with Crippen molar-refractivity contribution in [3.63, 3.8) is 0 Å². The van der Waals surface area contributed by atoms with Gasteiger partial charge in [0.1, 0.15) is 5.82 Å². The molecule has 0 spiro atoms. The van der Waals surface area contributed by atoms with Crippen molar-refractivity contribution in [3.8, 4) is 0 Å². The van der Waals surface area contributed by atoms with Crippen molar-refractivity contribution in [3.05, 3.63) is 58.9 Å². The zero-order valence-corrected chi connectivity index (χ0v) is 16.3. The Hall–Kier alpha value is -2.31. The van der Waals surface area contributed by atoms with E-state index in [0.717, 1.165) is 16.8 Å². The number of aromatic nitrogens is 1. The third kappa shape index (κ3) is 3.92. The molecule has 0 aliphatic carbocycles. The molecule has 0 unspecified atom stereocenters. The Kier molecular flexibility index (Phi) is 5.34. The maximum absolute atomic E-state index is 13.2. The summed E-state index contributed by atoms with van der Waals surface area (Å²) in [7, 11) is 4.09. The lowest BCUT2D eigenvalue weighted by Gasteiger charge is -2.20. The highest BCUT2D eigenvalue weighted by Gasteiger charge is 2.22. The van der Waals surface area contributed by atoms with Crippen LogP contribution in [0.5, 0.6) is 0 Å². The minimum atomic E-state index is -0.350. The van der Waals surface area contributed by atoms with Gasteiger partial charge in [0.25, 0.3) is 5.91 Å². The lowest BCUT2D eigenvalue weighted by molar-refractivity contribution is -0.856. The van der Waals surface area contributed by atoms with Gasteiger partial charge in [0.05, 0.1) is 37.4 Å². The van der Waals surface area contributed by atoms with E-state index in [1.165, 1.54) is 51.6 Å². The van der Waals surface area contributed by atoms with E-state index in [4.69, 9.17) is 4.98 Å². The number of carbonyl (C=O) groups is 1. The van der Waals surface area contributed by atoms with Gasteiger partial charge >= 0.3 is 0 Å². The maximum atomic E-state index is 13.2. The number of rotatable bonds is 5. The fourth-order valence-electron chi connectivity index (χ4n) is 2.65. The highest BCUT2D eigenvalue weighted by Crippen LogP contribution is 2.31. The number of quaternary nitrogens is 1. The molecule has 1 N–H and O–H groups in total. The standard InChI is InChI=1S/C20H22FN3OS/c1-13-11-17-18(12-14(13)2)26-20(22-17)24(10-9-23(3)4)19(25)15-5-7-16(21)8-6-15/h5-8,11-12H,9-10H2,1-4H3/p+1. The van der Waals surface area contributed by atoms with Crippen molar-refractivity contribution in [2.75, 3.05) is 32.1 Å². The fraction of sp³-hybridized carbons (Fsp3) is 0.300. The van der Waals surface area contributed by atoms with Gasteiger partial charge in [0.15, 0.2) is 5.13 Å². The molecule has 0 bridgehead atoms. The maximum Gasteiger partial charge on any atom is 0.260 e. The molecule has 6 heteroatoms.